The van der Waals surface area contributed by atoms with E-state index in [2.05, 4.69) is 32.1 Å². The molecule has 0 bridgehead atoms. The number of ether oxygens (including phenoxy) is 1. The fourth-order valence-electron chi connectivity index (χ4n) is 4.20. The summed E-state index contributed by atoms with van der Waals surface area (Å²) in [4.78, 5) is 38.8. The summed E-state index contributed by atoms with van der Waals surface area (Å²) < 4.78 is 21.1. The van der Waals surface area contributed by atoms with Crippen molar-refractivity contribution in [2.75, 3.05) is 23.3 Å². The zero-order valence-electron chi connectivity index (χ0n) is 21.8. The summed E-state index contributed by atoms with van der Waals surface area (Å²) in [5.41, 5.74) is 0.793. The highest BCUT2D eigenvalue weighted by molar-refractivity contribution is 5.94. The van der Waals surface area contributed by atoms with Crippen molar-refractivity contribution in [1.82, 2.24) is 15.0 Å². The van der Waals surface area contributed by atoms with Gasteiger partial charge in [-0.25, -0.2) is 14.4 Å². The molecule has 1 aromatic carbocycles. The zero-order chi connectivity index (χ0) is 26.6. The lowest BCUT2D eigenvalue weighted by molar-refractivity contribution is -0.123. The van der Waals surface area contributed by atoms with Crippen LogP contribution in [0.25, 0.3) is 11.1 Å². The maximum Gasteiger partial charge on any atom is 0.259 e. The first-order chi connectivity index (χ1) is 17.7. The lowest BCUT2D eigenvalue weighted by Crippen LogP contribution is -2.39. The molecule has 0 radical (unpaired) electrons. The average molecular weight is 508 g/mol. The van der Waals surface area contributed by atoms with Crippen LogP contribution >= 0.6 is 0 Å². The van der Waals surface area contributed by atoms with Crippen molar-refractivity contribution in [3.63, 3.8) is 0 Å². The summed E-state index contributed by atoms with van der Waals surface area (Å²) in [7, 11) is 0. The largest absolute Gasteiger partial charge is 0.489 e. The van der Waals surface area contributed by atoms with Crippen LogP contribution in [0.4, 0.5) is 16.0 Å². The third kappa shape index (κ3) is 6.34. The number of nitrogens with zero attached hydrogens (tertiary/aromatic N) is 3. The molecule has 4 rings (SSSR count). The summed E-state index contributed by atoms with van der Waals surface area (Å²) in [6, 6.07) is 6.01. The quantitative estimate of drug-likeness (QED) is 0.469. The maximum absolute atomic E-state index is 14.9. The molecule has 1 fully saturated rings. The summed E-state index contributed by atoms with van der Waals surface area (Å²) in [6.45, 7) is 8.84. The van der Waals surface area contributed by atoms with Crippen LogP contribution in [0, 0.1) is 11.2 Å². The fourth-order valence-corrected chi connectivity index (χ4v) is 4.20. The number of hydrogen-bond acceptors (Lipinski definition) is 6. The Hall–Kier alpha value is -3.75. The van der Waals surface area contributed by atoms with Gasteiger partial charge in [-0.15, -0.1) is 0 Å². The number of hydrogen-bond donors (Lipinski definition) is 2. The highest BCUT2D eigenvalue weighted by atomic mass is 19.1. The number of halogens is 1. The lowest BCUT2D eigenvalue weighted by atomic mass is 9.95. The van der Waals surface area contributed by atoms with Gasteiger partial charge in [-0.2, -0.15) is 0 Å². The second-order valence-corrected chi connectivity index (χ2v) is 10.4. The molecule has 0 spiro atoms. The van der Waals surface area contributed by atoms with Crippen LogP contribution in [0.1, 0.15) is 52.5 Å². The van der Waals surface area contributed by atoms with Crippen molar-refractivity contribution in [3.8, 4) is 16.9 Å². The Kier molecular flexibility index (Phi) is 7.90. The number of H-pyrrole nitrogens is 1. The number of aromatic amines is 1. The molecule has 9 heteroatoms. The molecular formula is C28H34FN5O3. The van der Waals surface area contributed by atoms with Crippen molar-refractivity contribution in [1.29, 1.82) is 0 Å². The van der Waals surface area contributed by atoms with Crippen molar-refractivity contribution in [3.05, 3.63) is 64.6 Å². The Balaban J connectivity index is 1.46. The Morgan fingerprint density at radius 3 is 2.51 bits per heavy atom. The number of rotatable bonds is 7. The third-order valence-electron chi connectivity index (χ3n) is 6.36. The van der Waals surface area contributed by atoms with Crippen molar-refractivity contribution >= 4 is 17.5 Å². The number of amides is 1. The molecule has 0 aliphatic carbocycles. The minimum absolute atomic E-state index is 0.0656. The number of aryl methyl sites for hydroxylation is 1. The molecule has 196 valence electrons. The molecule has 1 aliphatic rings. The fraction of sp³-hybridized carbons (Fsp3) is 0.429. The van der Waals surface area contributed by atoms with Crippen molar-refractivity contribution < 1.29 is 13.9 Å². The van der Waals surface area contributed by atoms with Crippen LogP contribution in [0.2, 0.25) is 0 Å². The Labute approximate surface area is 216 Å². The number of benzene rings is 1. The number of carbonyl (C=O) groups is 1. The van der Waals surface area contributed by atoms with E-state index < -0.39 is 11.2 Å². The molecule has 1 aliphatic heterocycles. The van der Waals surface area contributed by atoms with Gasteiger partial charge in [-0.1, -0.05) is 40.2 Å². The summed E-state index contributed by atoms with van der Waals surface area (Å²) in [6.07, 6.45) is 8.68. The van der Waals surface area contributed by atoms with Gasteiger partial charge in [0.1, 0.15) is 17.7 Å². The molecule has 8 nitrogen and oxygen atoms in total. The molecule has 0 unspecified atom stereocenters. The maximum atomic E-state index is 14.9. The zero-order valence-corrected chi connectivity index (χ0v) is 21.8. The van der Waals surface area contributed by atoms with Gasteiger partial charge in [0.05, 0.1) is 11.3 Å². The standard InChI is InChI=1S/C28H34FN5O3/c1-5-6-18-16-31-27(32-17-18)34-13-10-20(11-14-34)37-23-9-12-30-25(35)24(23)19-7-8-22(21(29)15-19)33-26(36)28(2,3)4/h7-9,12,15-17,20H,5-6,10-11,13-14H2,1-4H3,(H,30,35)(H,33,36). The first-order valence-corrected chi connectivity index (χ1v) is 12.7. The molecule has 0 saturated carbocycles. The predicted molar refractivity (Wildman–Crippen MR) is 142 cm³/mol. The smallest absolute Gasteiger partial charge is 0.259 e. The van der Waals surface area contributed by atoms with E-state index >= 15 is 0 Å². The van der Waals surface area contributed by atoms with Gasteiger partial charge in [0.15, 0.2) is 0 Å². The molecular weight excluding hydrogens is 473 g/mol. The molecule has 37 heavy (non-hydrogen) atoms. The van der Waals surface area contributed by atoms with Crippen LogP contribution in [-0.2, 0) is 11.2 Å². The summed E-state index contributed by atoms with van der Waals surface area (Å²) in [5, 5.41) is 2.60. The van der Waals surface area contributed by atoms with Crippen molar-refractivity contribution in [2.45, 2.75) is 59.5 Å². The van der Waals surface area contributed by atoms with Crippen LogP contribution in [0.5, 0.6) is 5.75 Å². The van der Waals surface area contributed by atoms with Gasteiger partial charge < -0.3 is 19.9 Å². The molecule has 2 N–H and O–H groups in total. The molecule has 2 aromatic heterocycles. The lowest BCUT2D eigenvalue weighted by Gasteiger charge is -2.32. The number of nitrogens with one attached hydrogen (secondary N) is 2. The SMILES string of the molecule is CCCc1cnc(N2CCC(Oc3cc[nH]c(=O)c3-c3ccc(NC(=O)C(C)(C)C)c(F)c3)CC2)nc1. The monoisotopic (exact) mass is 507 g/mol. The van der Waals surface area contributed by atoms with Gasteiger partial charge >= 0.3 is 0 Å². The first kappa shape index (κ1) is 26.3. The van der Waals surface area contributed by atoms with Gasteiger partial charge in [0.2, 0.25) is 11.9 Å². The number of pyridine rings is 1. The van der Waals surface area contributed by atoms with Crippen LogP contribution in [0.15, 0.2) is 47.7 Å². The summed E-state index contributed by atoms with van der Waals surface area (Å²) >= 11 is 0. The van der Waals surface area contributed by atoms with Crippen LogP contribution in [-0.4, -0.2) is 40.1 Å². The highest BCUT2D eigenvalue weighted by Crippen LogP contribution is 2.31. The van der Waals surface area contributed by atoms with E-state index in [4.69, 9.17) is 4.74 Å². The number of piperidine rings is 1. The van der Waals surface area contributed by atoms with E-state index in [0.29, 0.717) is 17.3 Å². The van der Waals surface area contributed by atoms with E-state index in [1.807, 2.05) is 12.4 Å². The predicted octanol–water partition coefficient (Wildman–Crippen LogP) is 4.96. The van der Waals surface area contributed by atoms with Gasteiger partial charge in [0.25, 0.3) is 5.56 Å². The normalized spacial score (nSPS) is 14.5. The Morgan fingerprint density at radius 1 is 1.19 bits per heavy atom. The first-order valence-electron chi connectivity index (χ1n) is 12.7. The van der Waals surface area contributed by atoms with Crippen LogP contribution < -0.4 is 20.5 Å². The molecule has 1 saturated heterocycles. The van der Waals surface area contributed by atoms with E-state index in [0.717, 1.165) is 44.3 Å². The van der Waals surface area contributed by atoms with E-state index in [1.165, 1.54) is 18.3 Å². The average Bonchev–Trinajstić information content (AvgIpc) is 2.86. The van der Waals surface area contributed by atoms with Gasteiger partial charge in [0, 0.05) is 49.9 Å². The minimum Gasteiger partial charge on any atom is -0.489 e. The van der Waals surface area contributed by atoms with E-state index in [9.17, 15) is 14.0 Å². The Bertz CT molecular complexity index is 1290. The van der Waals surface area contributed by atoms with E-state index in [1.54, 1.807) is 32.9 Å². The second-order valence-electron chi connectivity index (χ2n) is 10.4. The molecule has 0 atom stereocenters. The minimum atomic E-state index is -0.664. The van der Waals surface area contributed by atoms with Crippen LogP contribution in [0.3, 0.4) is 0 Å². The third-order valence-corrected chi connectivity index (χ3v) is 6.36. The Morgan fingerprint density at radius 2 is 1.89 bits per heavy atom. The number of anilines is 2. The number of aromatic nitrogens is 3. The van der Waals surface area contributed by atoms with Gasteiger partial charge in [-0.05, 0) is 35.7 Å². The number of carbonyl (C=O) groups excluding carboxylic acids is 1. The second kappa shape index (κ2) is 11.1. The molecule has 3 aromatic rings. The highest BCUT2D eigenvalue weighted by Gasteiger charge is 2.25. The van der Waals surface area contributed by atoms with E-state index in [-0.39, 0.29) is 28.8 Å². The summed E-state index contributed by atoms with van der Waals surface area (Å²) in [5.74, 6) is 0.189. The van der Waals surface area contributed by atoms with Crippen molar-refractivity contribution in [2.24, 2.45) is 5.41 Å². The van der Waals surface area contributed by atoms with Gasteiger partial charge in [-0.3, -0.25) is 9.59 Å². The topological polar surface area (TPSA) is 100 Å². The molecule has 3 heterocycles. The molecule has 1 amide bonds.